The van der Waals surface area contributed by atoms with Gasteiger partial charge in [0.1, 0.15) is 0 Å². The molecule has 1 unspecified atom stereocenters. The van der Waals surface area contributed by atoms with Gasteiger partial charge < -0.3 is 9.84 Å². The number of ether oxygens (including phenoxy) is 1. The van der Waals surface area contributed by atoms with Gasteiger partial charge in [-0.3, -0.25) is 9.59 Å². The minimum atomic E-state index is -4.62. The lowest BCUT2D eigenvalue weighted by Crippen LogP contribution is -2.45. The van der Waals surface area contributed by atoms with E-state index in [9.17, 15) is 27.9 Å². The van der Waals surface area contributed by atoms with E-state index in [0.29, 0.717) is 12.5 Å². The summed E-state index contributed by atoms with van der Waals surface area (Å²) < 4.78 is 43.3. The Kier molecular flexibility index (Phi) is 5.57. The second kappa shape index (κ2) is 6.81. The van der Waals surface area contributed by atoms with E-state index in [1.165, 1.54) is 13.0 Å². The molecule has 0 aromatic heterocycles. The molecule has 0 heterocycles. The fourth-order valence-electron chi connectivity index (χ4n) is 2.27. The number of hydrogen-bond donors (Lipinski definition) is 1. The molecule has 1 aromatic carbocycles. The second-order valence-corrected chi connectivity index (χ2v) is 4.76. The Morgan fingerprint density at radius 1 is 1.18 bits per heavy atom. The van der Waals surface area contributed by atoms with Gasteiger partial charge in [0.15, 0.2) is 5.41 Å². The van der Waals surface area contributed by atoms with Crippen molar-refractivity contribution in [2.75, 3.05) is 6.61 Å². The molecule has 122 valence electrons. The molecule has 0 spiro atoms. The SMILES string of the molecule is CCCC(C(=O)O)(C(=O)OCC)c1cccc(C(F)(F)F)c1. The van der Waals surface area contributed by atoms with E-state index in [1.807, 2.05) is 0 Å². The molecule has 0 saturated carbocycles. The lowest BCUT2D eigenvalue weighted by molar-refractivity contribution is -0.162. The Morgan fingerprint density at radius 2 is 1.77 bits per heavy atom. The highest BCUT2D eigenvalue weighted by atomic mass is 19.4. The predicted molar refractivity (Wildman–Crippen MR) is 72.3 cm³/mol. The Morgan fingerprint density at radius 3 is 2.23 bits per heavy atom. The van der Waals surface area contributed by atoms with Crippen LogP contribution in [0.5, 0.6) is 0 Å². The Labute approximate surface area is 125 Å². The normalized spacial score (nSPS) is 14.2. The van der Waals surface area contributed by atoms with Crippen molar-refractivity contribution in [3.63, 3.8) is 0 Å². The summed E-state index contributed by atoms with van der Waals surface area (Å²) in [5, 5.41) is 9.52. The quantitative estimate of drug-likeness (QED) is 0.645. The van der Waals surface area contributed by atoms with Crippen molar-refractivity contribution in [1.29, 1.82) is 0 Å². The first kappa shape index (κ1) is 18.0. The zero-order valence-electron chi connectivity index (χ0n) is 12.2. The van der Waals surface area contributed by atoms with Gasteiger partial charge in [-0.25, -0.2) is 0 Å². The highest BCUT2D eigenvalue weighted by Crippen LogP contribution is 2.36. The van der Waals surface area contributed by atoms with Gasteiger partial charge in [-0.2, -0.15) is 13.2 Å². The zero-order valence-corrected chi connectivity index (χ0v) is 12.2. The number of esters is 1. The minimum Gasteiger partial charge on any atom is -0.480 e. The van der Waals surface area contributed by atoms with E-state index < -0.39 is 29.1 Å². The highest BCUT2D eigenvalue weighted by molar-refractivity contribution is 6.05. The lowest BCUT2D eigenvalue weighted by atomic mass is 9.76. The summed E-state index contributed by atoms with van der Waals surface area (Å²) in [7, 11) is 0. The van der Waals surface area contributed by atoms with Crippen LogP contribution in [-0.2, 0) is 25.9 Å². The second-order valence-electron chi connectivity index (χ2n) is 4.76. The minimum absolute atomic E-state index is 0.0590. The van der Waals surface area contributed by atoms with Crippen LogP contribution in [-0.4, -0.2) is 23.7 Å². The number of aliphatic carboxylic acids is 1. The molecular weight excluding hydrogens is 301 g/mol. The molecule has 1 N–H and O–H groups in total. The van der Waals surface area contributed by atoms with Gasteiger partial charge in [-0.1, -0.05) is 31.5 Å². The van der Waals surface area contributed by atoms with E-state index in [0.717, 1.165) is 12.1 Å². The van der Waals surface area contributed by atoms with Gasteiger partial charge in [0.2, 0.25) is 0 Å². The molecule has 0 aliphatic heterocycles. The van der Waals surface area contributed by atoms with E-state index in [2.05, 4.69) is 0 Å². The number of halogens is 3. The first-order chi connectivity index (χ1) is 10.2. The number of alkyl halides is 3. The van der Waals surface area contributed by atoms with Gasteiger partial charge in [0.05, 0.1) is 12.2 Å². The predicted octanol–water partition coefficient (Wildman–Crippen LogP) is 3.39. The topological polar surface area (TPSA) is 63.6 Å². The third kappa shape index (κ3) is 3.40. The molecule has 0 radical (unpaired) electrons. The Balaban J connectivity index is 3.51. The Hall–Kier alpha value is -2.05. The molecule has 1 aromatic rings. The van der Waals surface area contributed by atoms with E-state index in [4.69, 9.17) is 4.74 Å². The van der Waals surface area contributed by atoms with Crippen LogP contribution in [0, 0.1) is 0 Å². The summed E-state index contributed by atoms with van der Waals surface area (Å²) >= 11 is 0. The first-order valence-electron chi connectivity index (χ1n) is 6.78. The number of benzene rings is 1. The highest BCUT2D eigenvalue weighted by Gasteiger charge is 2.49. The molecule has 0 aliphatic rings. The van der Waals surface area contributed by atoms with Gasteiger partial charge >= 0.3 is 18.1 Å². The summed E-state index contributed by atoms with van der Waals surface area (Å²) in [6.07, 6.45) is -4.48. The van der Waals surface area contributed by atoms with Crippen LogP contribution in [0.1, 0.15) is 37.8 Å². The van der Waals surface area contributed by atoms with Crippen molar-refractivity contribution in [2.45, 2.75) is 38.3 Å². The monoisotopic (exact) mass is 318 g/mol. The van der Waals surface area contributed by atoms with Crippen molar-refractivity contribution in [3.05, 3.63) is 35.4 Å². The van der Waals surface area contributed by atoms with Crippen molar-refractivity contribution in [1.82, 2.24) is 0 Å². The zero-order chi connectivity index (χ0) is 17.0. The average Bonchev–Trinajstić information content (AvgIpc) is 2.43. The molecule has 0 fully saturated rings. The molecule has 7 heteroatoms. The first-order valence-corrected chi connectivity index (χ1v) is 6.78. The molecule has 0 aliphatic carbocycles. The summed E-state index contributed by atoms with van der Waals surface area (Å²) in [6.45, 7) is 3.09. The maximum absolute atomic E-state index is 12.8. The average molecular weight is 318 g/mol. The van der Waals surface area contributed by atoms with Crippen LogP contribution in [0.15, 0.2) is 24.3 Å². The summed E-state index contributed by atoms with van der Waals surface area (Å²) in [6, 6.07) is 3.81. The van der Waals surface area contributed by atoms with Crippen molar-refractivity contribution in [2.24, 2.45) is 0 Å². The Bertz CT molecular complexity index is 554. The molecule has 0 amide bonds. The maximum Gasteiger partial charge on any atom is 0.416 e. The molecule has 1 atom stereocenters. The number of hydrogen-bond acceptors (Lipinski definition) is 3. The van der Waals surface area contributed by atoms with Gasteiger partial charge in [0.25, 0.3) is 0 Å². The molecule has 0 saturated heterocycles. The molecule has 0 bridgehead atoms. The standard InChI is InChI=1S/C15H17F3O4/c1-3-8-14(12(19)20,13(21)22-4-2)10-6-5-7-11(9-10)15(16,17)18/h5-7,9H,3-4,8H2,1-2H3,(H,19,20). The van der Waals surface area contributed by atoms with Crippen LogP contribution >= 0.6 is 0 Å². The largest absolute Gasteiger partial charge is 0.480 e. The maximum atomic E-state index is 12.8. The molecule has 22 heavy (non-hydrogen) atoms. The van der Waals surface area contributed by atoms with Crippen LogP contribution in [0.4, 0.5) is 13.2 Å². The van der Waals surface area contributed by atoms with Crippen molar-refractivity contribution < 1.29 is 32.6 Å². The summed E-state index contributed by atoms with van der Waals surface area (Å²) in [4.78, 5) is 23.9. The third-order valence-corrected chi connectivity index (χ3v) is 3.30. The van der Waals surface area contributed by atoms with Gasteiger partial charge in [0, 0.05) is 0 Å². The van der Waals surface area contributed by atoms with Gasteiger partial charge in [-0.15, -0.1) is 0 Å². The van der Waals surface area contributed by atoms with Crippen LogP contribution in [0.2, 0.25) is 0 Å². The van der Waals surface area contributed by atoms with Crippen LogP contribution in [0.3, 0.4) is 0 Å². The smallest absolute Gasteiger partial charge is 0.416 e. The lowest BCUT2D eigenvalue weighted by Gasteiger charge is -2.27. The molecule has 1 rings (SSSR count). The number of carbonyl (C=O) groups excluding carboxylic acids is 1. The number of carboxylic acid groups (broad SMARTS) is 1. The van der Waals surface area contributed by atoms with Crippen LogP contribution < -0.4 is 0 Å². The number of carbonyl (C=O) groups is 2. The van der Waals surface area contributed by atoms with Crippen LogP contribution in [0.25, 0.3) is 0 Å². The number of carboxylic acids is 1. The van der Waals surface area contributed by atoms with E-state index >= 15 is 0 Å². The van der Waals surface area contributed by atoms with E-state index in [1.54, 1.807) is 6.92 Å². The molecular formula is C15H17F3O4. The third-order valence-electron chi connectivity index (χ3n) is 3.30. The fraction of sp³-hybridized carbons (Fsp3) is 0.467. The van der Waals surface area contributed by atoms with E-state index in [-0.39, 0.29) is 18.6 Å². The van der Waals surface area contributed by atoms with Gasteiger partial charge in [-0.05, 0) is 25.0 Å². The summed E-state index contributed by atoms with van der Waals surface area (Å²) in [5.74, 6) is -2.57. The summed E-state index contributed by atoms with van der Waals surface area (Å²) in [5.41, 5.74) is -3.36. The number of rotatable bonds is 6. The fourth-order valence-corrected chi connectivity index (χ4v) is 2.27. The van der Waals surface area contributed by atoms with Crippen molar-refractivity contribution in [3.8, 4) is 0 Å². The van der Waals surface area contributed by atoms with Crippen molar-refractivity contribution >= 4 is 11.9 Å². The molecule has 4 nitrogen and oxygen atoms in total.